The number of piperidine rings is 1. The third kappa shape index (κ3) is 4.65. The molecule has 0 spiro atoms. The smallest absolute Gasteiger partial charge is 0.309 e. The van der Waals surface area contributed by atoms with Crippen LogP contribution in [0.1, 0.15) is 19.8 Å². The zero-order chi connectivity index (χ0) is 21.8. The third-order valence-corrected chi connectivity index (χ3v) is 6.03. The standard InChI is InChI=1S/C22H29FN6O2/c1-2-31-22(30)16-7-9-28(10-8-16)20-19(24)21(26-15-25-20)29-13-11-27(12-14-29)18-5-3-17(23)4-6-18/h3-6,15-16H,2,7-14,24H2,1H3. The van der Waals surface area contributed by atoms with Crippen molar-refractivity contribution >= 4 is 29.0 Å². The van der Waals surface area contributed by atoms with E-state index in [1.165, 1.54) is 12.1 Å². The Morgan fingerprint density at radius 3 is 2.13 bits per heavy atom. The molecule has 0 radical (unpaired) electrons. The number of hydrogen-bond donors (Lipinski definition) is 1. The first kappa shape index (κ1) is 21.1. The zero-order valence-electron chi connectivity index (χ0n) is 17.8. The lowest BCUT2D eigenvalue weighted by Gasteiger charge is -2.38. The Morgan fingerprint density at radius 2 is 1.55 bits per heavy atom. The Kier molecular flexibility index (Phi) is 6.39. The van der Waals surface area contributed by atoms with Crippen LogP contribution in [0.15, 0.2) is 30.6 Å². The number of nitrogens with zero attached hydrogens (tertiary/aromatic N) is 5. The van der Waals surface area contributed by atoms with E-state index in [2.05, 4.69) is 24.7 Å². The lowest BCUT2D eigenvalue weighted by Crippen LogP contribution is -2.47. The fourth-order valence-electron chi connectivity index (χ4n) is 4.30. The molecule has 9 heteroatoms. The van der Waals surface area contributed by atoms with Gasteiger partial charge in [0.25, 0.3) is 0 Å². The van der Waals surface area contributed by atoms with Gasteiger partial charge in [-0.3, -0.25) is 4.79 Å². The Balaban J connectivity index is 1.39. The number of carbonyl (C=O) groups excluding carboxylic acids is 1. The quantitative estimate of drug-likeness (QED) is 0.726. The maximum Gasteiger partial charge on any atom is 0.309 e. The van der Waals surface area contributed by atoms with Gasteiger partial charge in [0.15, 0.2) is 11.6 Å². The van der Waals surface area contributed by atoms with Gasteiger partial charge in [-0.1, -0.05) is 0 Å². The molecule has 0 saturated carbocycles. The van der Waals surface area contributed by atoms with Gasteiger partial charge in [-0.2, -0.15) is 0 Å². The molecule has 2 aromatic rings. The number of anilines is 4. The summed E-state index contributed by atoms with van der Waals surface area (Å²) >= 11 is 0. The maximum atomic E-state index is 13.2. The molecule has 4 rings (SSSR count). The molecule has 0 aliphatic carbocycles. The third-order valence-electron chi connectivity index (χ3n) is 6.03. The number of benzene rings is 1. The molecule has 3 heterocycles. The molecule has 2 aliphatic rings. The van der Waals surface area contributed by atoms with Crippen molar-refractivity contribution in [3.8, 4) is 0 Å². The number of esters is 1. The SMILES string of the molecule is CCOC(=O)C1CCN(c2ncnc(N3CCN(c4ccc(F)cc4)CC3)c2N)CC1. The average molecular weight is 429 g/mol. The van der Waals surface area contributed by atoms with Crippen LogP contribution in [0.3, 0.4) is 0 Å². The molecular weight excluding hydrogens is 399 g/mol. The molecule has 8 nitrogen and oxygen atoms in total. The highest BCUT2D eigenvalue weighted by Crippen LogP contribution is 2.32. The molecule has 2 fully saturated rings. The first-order valence-corrected chi connectivity index (χ1v) is 10.8. The summed E-state index contributed by atoms with van der Waals surface area (Å²) in [4.78, 5) is 27.4. The summed E-state index contributed by atoms with van der Waals surface area (Å²) in [5.41, 5.74) is 8.09. The molecule has 2 N–H and O–H groups in total. The maximum absolute atomic E-state index is 13.2. The van der Waals surface area contributed by atoms with Crippen molar-refractivity contribution < 1.29 is 13.9 Å². The number of piperazine rings is 1. The number of carbonyl (C=O) groups is 1. The van der Waals surface area contributed by atoms with Crippen LogP contribution in [-0.2, 0) is 9.53 Å². The minimum atomic E-state index is -0.227. The summed E-state index contributed by atoms with van der Waals surface area (Å²) in [6, 6.07) is 6.59. The van der Waals surface area contributed by atoms with E-state index < -0.39 is 0 Å². The molecule has 0 atom stereocenters. The van der Waals surface area contributed by atoms with Crippen LogP contribution in [0.25, 0.3) is 0 Å². The minimum Gasteiger partial charge on any atom is -0.466 e. The van der Waals surface area contributed by atoms with Gasteiger partial charge in [-0.25, -0.2) is 14.4 Å². The van der Waals surface area contributed by atoms with Crippen molar-refractivity contribution in [3.05, 3.63) is 36.4 Å². The van der Waals surface area contributed by atoms with Crippen molar-refractivity contribution in [2.45, 2.75) is 19.8 Å². The predicted molar refractivity (Wildman–Crippen MR) is 119 cm³/mol. The Bertz CT molecular complexity index is 893. The number of ether oxygens (including phenoxy) is 1. The van der Waals surface area contributed by atoms with Crippen LogP contribution in [0.5, 0.6) is 0 Å². The fourth-order valence-corrected chi connectivity index (χ4v) is 4.30. The summed E-state index contributed by atoms with van der Waals surface area (Å²) < 4.78 is 18.3. The number of halogens is 1. The topological polar surface area (TPSA) is 87.8 Å². The summed E-state index contributed by atoms with van der Waals surface area (Å²) in [6.45, 7) is 6.80. The average Bonchev–Trinajstić information content (AvgIpc) is 2.80. The normalized spacial score (nSPS) is 17.7. The van der Waals surface area contributed by atoms with Gasteiger partial charge in [0.1, 0.15) is 17.8 Å². The summed E-state index contributed by atoms with van der Waals surface area (Å²) in [5, 5.41) is 0. The van der Waals surface area contributed by atoms with Crippen LogP contribution in [-0.4, -0.2) is 61.8 Å². The number of nitrogens with two attached hydrogens (primary N) is 1. The number of rotatable bonds is 5. The Morgan fingerprint density at radius 1 is 1.00 bits per heavy atom. The van der Waals surface area contributed by atoms with E-state index in [4.69, 9.17) is 10.5 Å². The summed E-state index contributed by atoms with van der Waals surface area (Å²) in [7, 11) is 0. The van der Waals surface area contributed by atoms with E-state index in [9.17, 15) is 9.18 Å². The summed E-state index contributed by atoms with van der Waals surface area (Å²) in [5.74, 6) is 1.08. The van der Waals surface area contributed by atoms with Gasteiger partial charge in [0, 0.05) is 45.0 Å². The second-order valence-electron chi connectivity index (χ2n) is 7.90. The summed E-state index contributed by atoms with van der Waals surface area (Å²) in [6.07, 6.45) is 3.02. The van der Waals surface area contributed by atoms with E-state index >= 15 is 0 Å². The van der Waals surface area contributed by atoms with E-state index in [0.29, 0.717) is 25.4 Å². The lowest BCUT2D eigenvalue weighted by molar-refractivity contribution is -0.148. The molecule has 2 saturated heterocycles. The number of aromatic nitrogens is 2. The molecule has 0 unspecified atom stereocenters. The Labute approximate surface area is 181 Å². The second kappa shape index (κ2) is 9.36. The molecule has 1 aromatic heterocycles. The van der Waals surface area contributed by atoms with Gasteiger partial charge in [0.2, 0.25) is 0 Å². The second-order valence-corrected chi connectivity index (χ2v) is 7.90. The van der Waals surface area contributed by atoms with Crippen LogP contribution >= 0.6 is 0 Å². The van der Waals surface area contributed by atoms with E-state index in [-0.39, 0.29) is 17.7 Å². The number of nitrogen functional groups attached to an aromatic ring is 1. The molecular formula is C22H29FN6O2. The van der Waals surface area contributed by atoms with Crippen molar-refractivity contribution in [3.63, 3.8) is 0 Å². The highest BCUT2D eigenvalue weighted by atomic mass is 19.1. The highest BCUT2D eigenvalue weighted by molar-refractivity contribution is 5.77. The lowest BCUT2D eigenvalue weighted by atomic mass is 9.97. The molecule has 2 aliphatic heterocycles. The van der Waals surface area contributed by atoms with Gasteiger partial charge >= 0.3 is 5.97 Å². The van der Waals surface area contributed by atoms with Gasteiger partial charge in [-0.15, -0.1) is 0 Å². The van der Waals surface area contributed by atoms with Gasteiger partial charge in [-0.05, 0) is 44.0 Å². The van der Waals surface area contributed by atoms with Crippen molar-refractivity contribution in [1.82, 2.24) is 9.97 Å². The molecule has 166 valence electrons. The van der Waals surface area contributed by atoms with E-state index in [1.54, 1.807) is 6.33 Å². The van der Waals surface area contributed by atoms with Crippen LogP contribution in [0, 0.1) is 11.7 Å². The van der Waals surface area contributed by atoms with Gasteiger partial charge in [0.05, 0.1) is 12.5 Å². The minimum absolute atomic E-state index is 0.0572. The van der Waals surface area contributed by atoms with E-state index in [0.717, 1.165) is 56.3 Å². The molecule has 0 bridgehead atoms. The van der Waals surface area contributed by atoms with Crippen molar-refractivity contribution in [2.75, 3.05) is 66.3 Å². The van der Waals surface area contributed by atoms with Crippen molar-refractivity contribution in [2.24, 2.45) is 5.92 Å². The Hall–Kier alpha value is -3.10. The molecule has 1 aromatic carbocycles. The monoisotopic (exact) mass is 428 g/mol. The molecule has 0 amide bonds. The number of hydrogen-bond acceptors (Lipinski definition) is 8. The fraction of sp³-hybridized carbons (Fsp3) is 0.500. The highest BCUT2D eigenvalue weighted by Gasteiger charge is 2.29. The predicted octanol–water partition coefficient (Wildman–Crippen LogP) is 2.30. The zero-order valence-corrected chi connectivity index (χ0v) is 17.8. The molecule has 31 heavy (non-hydrogen) atoms. The first-order valence-electron chi connectivity index (χ1n) is 10.8. The van der Waals surface area contributed by atoms with Crippen LogP contribution < -0.4 is 20.4 Å². The van der Waals surface area contributed by atoms with Crippen LogP contribution in [0.4, 0.5) is 27.4 Å². The first-order chi connectivity index (χ1) is 15.1. The van der Waals surface area contributed by atoms with Crippen molar-refractivity contribution in [1.29, 1.82) is 0 Å². The van der Waals surface area contributed by atoms with E-state index in [1.807, 2.05) is 19.1 Å². The largest absolute Gasteiger partial charge is 0.466 e. The van der Waals surface area contributed by atoms with Gasteiger partial charge < -0.3 is 25.2 Å². The van der Waals surface area contributed by atoms with Crippen LogP contribution in [0.2, 0.25) is 0 Å².